The first-order valence-corrected chi connectivity index (χ1v) is 1.77. The molecule has 0 saturated carbocycles. The second-order valence-electron chi connectivity index (χ2n) is 0.961. The molecule has 4 heteroatoms. The predicted octanol–water partition coefficient (Wildman–Crippen LogP) is 0.303. The summed E-state index contributed by atoms with van der Waals surface area (Å²) in [5, 5.41) is 7.75. The Labute approximate surface area is 42.3 Å². The van der Waals surface area contributed by atoms with Crippen molar-refractivity contribution in [3.8, 4) is 0 Å². The first-order chi connectivity index (χ1) is 3.31. The first kappa shape index (κ1) is 5.94. The van der Waals surface area contributed by atoms with E-state index in [9.17, 15) is 0 Å². The topological polar surface area (TPSA) is 54.0 Å². The molecule has 0 saturated heterocycles. The van der Waals surface area contributed by atoms with E-state index in [-0.39, 0.29) is 0 Å². The first-order valence-electron chi connectivity index (χ1n) is 1.77. The quantitative estimate of drug-likeness (QED) is 0.308. The maximum Gasteiger partial charge on any atom is 0.0314 e. The predicted molar refractivity (Wildman–Crippen MR) is 27.0 cm³/mol. The zero-order chi connectivity index (χ0) is 5.70. The number of rotatable bonds is 2. The molecular weight excluding hydrogens is 92.1 g/mol. The lowest BCUT2D eigenvalue weighted by molar-refractivity contribution is 0.448. The summed E-state index contributed by atoms with van der Waals surface area (Å²) in [6, 6.07) is 0. The summed E-state index contributed by atoms with van der Waals surface area (Å²) in [5.74, 6) is 4.67. The highest BCUT2D eigenvalue weighted by Gasteiger charge is 1.74. The molecule has 0 heterocycles. The van der Waals surface area contributed by atoms with Crippen molar-refractivity contribution in [3.63, 3.8) is 0 Å². The largest absolute Gasteiger partial charge is 0.303 e. The molecule has 0 aromatic heterocycles. The minimum absolute atomic E-state index is 1.40. The molecule has 0 fully saturated rings. The van der Waals surface area contributed by atoms with Gasteiger partial charge in [0.1, 0.15) is 0 Å². The molecule has 40 valence electrons. The van der Waals surface area contributed by atoms with Crippen molar-refractivity contribution in [2.45, 2.75) is 0 Å². The molecule has 0 rings (SSSR count). The third-order valence-corrected chi connectivity index (χ3v) is 0.457. The van der Waals surface area contributed by atoms with Gasteiger partial charge in [0.25, 0.3) is 0 Å². The molecular formula is C3H8N4. The third-order valence-electron chi connectivity index (χ3n) is 0.457. The van der Waals surface area contributed by atoms with E-state index in [1.54, 1.807) is 7.05 Å². The van der Waals surface area contributed by atoms with Crippen LogP contribution in [0.25, 0.3) is 0 Å². The van der Waals surface area contributed by atoms with Crippen LogP contribution in [-0.4, -0.2) is 12.1 Å². The van der Waals surface area contributed by atoms with Crippen LogP contribution in [0, 0.1) is 0 Å². The lowest BCUT2D eigenvalue weighted by Gasteiger charge is -1.98. The van der Waals surface area contributed by atoms with Crippen LogP contribution in [0.4, 0.5) is 0 Å². The number of nitrogens with zero attached hydrogens (tertiary/aromatic N) is 3. The Kier molecular flexibility index (Phi) is 2.67. The van der Waals surface area contributed by atoms with Crippen molar-refractivity contribution < 1.29 is 0 Å². The van der Waals surface area contributed by atoms with Crippen molar-refractivity contribution in [2.24, 2.45) is 16.3 Å². The Bertz CT molecular complexity index is 77.0. The summed E-state index contributed by atoms with van der Waals surface area (Å²) in [7, 11) is 1.68. The number of hydrogen-bond acceptors (Lipinski definition) is 2. The Hall–Kier alpha value is -1.06. The minimum atomic E-state index is 1.40. The van der Waals surface area contributed by atoms with E-state index in [0.717, 1.165) is 0 Å². The molecule has 0 radical (unpaired) electrons. The summed E-state index contributed by atoms with van der Waals surface area (Å²) in [6.45, 7) is 3.40. The highest BCUT2D eigenvalue weighted by Crippen LogP contribution is 1.78. The van der Waals surface area contributed by atoms with Gasteiger partial charge in [-0.25, -0.2) is 0 Å². The fourth-order valence-corrected chi connectivity index (χ4v) is 0.118. The molecule has 0 atom stereocenters. The summed E-state index contributed by atoms with van der Waals surface area (Å²) < 4.78 is 0. The maximum absolute atomic E-state index is 4.67. The molecule has 0 aliphatic heterocycles. The summed E-state index contributed by atoms with van der Waals surface area (Å²) in [6.07, 6.45) is 1.50. The van der Waals surface area contributed by atoms with Gasteiger partial charge in [0.05, 0.1) is 0 Å². The second kappa shape index (κ2) is 3.14. The highest BCUT2D eigenvalue weighted by molar-refractivity contribution is 4.58. The van der Waals surface area contributed by atoms with E-state index in [1.165, 1.54) is 11.2 Å². The lowest BCUT2D eigenvalue weighted by Crippen LogP contribution is -1.98. The van der Waals surface area contributed by atoms with Gasteiger partial charge in [0, 0.05) is 13.2 Å². The van der Waals surface area contributed by atoms with Gasteiger partial charge in [-0.05, 0) is 5.22 Å². The van der Waals surface area contributed by atoms with Crippen molar-refractivity contribution in [2.75, 3.05) is 7.05 Å². The Morgan fingerprint density at radius 2 is 2.43 bits per heavy atom. The van der Waals surface area contributed by atoms with Gasteiger partial charge in [0.2, 0.25) is 0 Å². The fourth-order valence-electron chi connectivity index (χ4n) is 0.118. The molecule has 4 nitrogen and oxygen atoms in total. The van der Waals surface area contributed by atoms with Crippen LogP contribution < -0.4 is 5.84 Å². The molecule has 0 aromatic carbocycles. The van der Waals surface area contributed by atoms with E-state index >= 15 is 0 Å². The van der Waals surface area contributed by atoms with Crippen LogP contribution in [0.2, 0.25) is 0 Å². The molecule has 0 bridgehead atoms. The van der Waals surface area contributed by atoms with Gasteiger partial charge in [-0.15, -0.1) is 0 Å². The molecule has 0 spiro atoms. The zero-order valence-electron chi connectivity index (χ0n) is 4.20. The van der Waals surface area contributed by atoms with Gasteiger partial charge in [-0.1, -0.05) is 11.8 Å². The van der Waals surface area contributed by atoms with E-state index in [1.807, 2.05) is 0 Å². The van der Waals surface area contributed by atoms with E-state index in [2.05, 4.69) is 22.9 Å². The molecule has 0 aromatic rings. The fraction of sp³-hybridized carbons (Fsp3) is 0.333. The average Bonchev–Trinajstić information content (AvgIpc) is 1.68. The van der Waals surface area contributed by atoms with Crippen LogP contribution in [0.1, 0.15) is 0 Å². The van der Waals surface area contributed by atoms with Gasteiger partial charge in [-0.2, -0.15) is 0 Å². The van der Waals surface area contributed by atoms with Crippen molar-refractivity contribution in [1.82, 2.24) is 5.01 Å². The Balaban J connectivity index is 3.35. The summed E-state index contributed by atoms with van der Waals surface area (Å²) >= 11 is 0. The monoisotopic (exact) mass is 100 g/mol. The van der Waals surface area contributed by atoms with Crippen LogP contribution in [0.3, 0.4) is 0 Å². The molecule has 0 amide bonds. The third kappa shape index (κ3) is 2.75. The maximum atomic E-state index is 4.67. The average molecular weight is 100 g/mol. The molecule has 7 heavy (non-hydrogen) atoms. The molecule has 0 aliphatic rings. The molecule has 0 unspecified atom stereocenters. The van der Waals surface area contributed by atoms with Crippen LogP contribution in [0.15, 0.2) is 23.2 Å². The molecule has 0 aliphatic carbocycles. The number of nitrogens with two attached hydrogens (primary N) is 1. The summed E-state index contributed by atoms with van der Waals surface area (Å²) in [4.78, 5) is 0. The number of hydrogen-bond donors (Lipinski definition) is 1. The van der Waals surface area contributed by atoms with Gasteiger partial charge in [0.15, 0.2) is 0 Å². The second-order valence-corrected chi connectivity index (χ2v) is 0.961. The SMILES string of the molecule is C=CN(C)/N=N\N. The smallest absolute Gasteiger partial charge is 0.0314 e. The van der Waals surface area contributed by atoms with Gasteiger partial charge < -0.3 is 5.84 Å². The Morgan fingerprint density at radius 3 is 2.57 bits per heavy atom. The minimum Gasteiger partial charge on any atom is -0.303 e. The summed E-state index contributed by atoms with van der Waals surface area (Å²) in [5.41, 5.74) is 0. The standard InChI is InChI=1S/C3H8N4/c1-3-7(2)6-5-4/h3H,1H2,2H3,(H2,4,6). The lowest BCUT2D eigenvalue weighted by atomic mass is 11.0. The van der Waals surface area contributed by atoms with Crippen LogP contribution >= 0.6 is 0 Å². The zero-order valence-corrected chi connectivity index (χ0v) is 4.20. The van der Waals surface area contributed by atoms with Gasteiger partial charge in [-0.3, -0.25) is 5.01 Å². The van der Waals surface area contributed by atoms with Crippen molar-refractivity contribution in [1.29, 1.82) is 0 Å². The van der Waals surface area contributed by atoms with E-state index in [4.69, 9.17) is 0 Å². The molecule has 2 N–H and O–H groups in total. The highest BCUT2D eigenvalue weighted by atomic mass is 15.6. The van der Waals surface area contributed by atoms with Crippen molar-refractivity contribution >= 4 is 0 Å². The van der Waals surface area contributed by atoms with Crippen LogP contribution in [0.5, 0.6) is 0 Å². The normalized spacial score (nSPS) is 9.29. The van der Waals surface area contributed by atoms with Crippen LogP contribution in [-0.2, 0) is 0 Å². The van der Waals surface area contributed by atoms with Gasteiger partial charge >= 0.3 is 0 Å². The van der Waals surface area contributed by atoms with Crippen molar-refractivity contribution in [3.05, 3.63) is 12.8 Å². The van der Waals surface area contributed by atoms with E-state index < -0.39 is 0 Å². The Morgan fingerprint density at radius 1 is 1.86 bits per heavy atom. The van der Waals surface area contributed by atoms with E-state index in [0.29, 0.717) is 0 Å².